The molecular weight excluding hydrogens is 483 g/mol. The minimum Gasteiger partial charge on any atom is -0.490 e. The maximum absolute atomic E-state index is 12.1. The molecule has 0 spiro atoms. The van der Waals surface area contributed by atoms with Crippen LogP contribution in [0.1, 0.15) is 23.2 Å². The summed E-state index contributed by atoms with van der Waals surface area (Å²) in [7, 11) is 0. The monoisotopic (exact) mass is 508 g/mol. The van der Waals surface area contributed by atoms with E-state index in [0.717, 1.165) is 22.2 Å². The summed E-state index contributed by atoms with van der Waals surface area (Å²) in [5, 5.41) is 4.74. The Labute approximate surface area is 215 Å². The van der Waals surface area contributed by atoms with Crippen molar-refractivity contribution in [2.24, 2.45) is 0 Å². The van der Waals surface area contributed by atoms with Crippen molar-refractivity contribution in [1.82, 2.24) is 10.3 Å². The van der Waals surface area contributed by atoms with E-state index >= 15 is 0 Å². The number of nitrogens with zero attached hydrogens (tertiary/aromatic N) is 1. The zero-order valence-corrected chi connectivity index (χ0v) is 20.9. The third kappa shape index (κ3) is 6.65. The Balaban J connectivity index is 1.32. The number of ether oxygens (including phenoxy) is 2. The molecule has 1 amide bonds. The lowest BCUT2D eigenvalue weighted by Gasteiger charge is -2.15. The van der Waals surface area contributed by atoms with Crippen LogP contribution in [0.3, 0.4) is 0 Å². The normalized spacial score (nSPS) is 10.8. The number of rotatable bonds is 10. The second-order valence-electron chi connectivity index (χ2n) is 8.09. The van der Waals surface area contributed by atoms with E-state index in [9.17, 15) is 4.79 Å². The van der Waals surface area contributed by atoms with Crippen LogP contribution >= 0.6 is 23.2 Å². The number of benzene rings is 3. The van der Waals surface area contributed by atoms with Gasteiger partial charge in [0.2, 0.25) is 5.91 Å². The first kappa shape index (κ1) is 24.8. The van der Waals surface area contributed by atoms with Crippen LogP contribution in [0.4, 0.5) is 0 Å². The van der Waals surface area contributed by atoms with Crippen molar-refractivity contribution in [1.29, 1.82) is 0 Å². The minimum absolute atomic E-state index is 0.0207. The van der Waals surface area contributed by atoms with Crippen molar-refractivity contribution in [2.45, 2.75) is 26.4 Å². The molecule has 5 nitrogen and oxygen atoms in total. The first-order valence-electron chi connectivity index (χ1n) is 11.4. The number of carbonyl (C=O) groups excluding carboxylic acids is 1. The van der Waals surface area contributed by atoms with Gasteiger partial charge in [0.15, 0.2) is 0 Å². The van der Waals surface area contributed by atoms with Crippen LogP contribution in [0.2, 0.25) is 10.0 Å². The molecule has 1 N–H and O–H groups in total. The molecule has 0 saturated carbocycles. The second kappa shape index (κ2) is 11.9. The van der Waals surface area contributed by atoms with Gasteiger partial charge in [0.05, 0.1) is 11.6 Å². The van der Waals surface area contributed by atoms with Crippen LogP contribution in [-0.4, -0.2) is 24.0 Å². The number of aromatic nitrogens is 1. The van der Waals surface area contributed by atoms with Crippen LogP contribution in [0.5, 0.6) is 11.5 Å². The lowest BCUT2D eigenvalue weighted by molar-refractivity contribution is -0.121. The van der Waals surface area contributed by atoms with Crippen molar-refractivity contribution in [2.75, 3.05) is 13.2 Å². The average molecular weight is 509 g/mol. The summed E-state index contributed by atoms with van der Waals surface area (Å²) in [5.41, 5.74) is 3.46. The second-order valence-corrected chi connectivity index (χ2v) is 8.88. The molecule has 35 heavy (non-hydrogen) atoms. The number of nitrogens with one attached hydrogen (secondary N) is 1. The third-order valence-electron chi connectivity index (χ3n) is 5.51. The van der Waals surface area contributed by atoms with Gasteiger partial charge in [-0.05, 0) is 43.2 Å². The Kier molecular flexibility index (Phi) is 8.45. The number of hydrogen-bond donors (Lipinski definition) is 1. The van der Waals surface area contributed by atoms with E-state index in [2.05, 4.69) is 10.3 Å². The van der Waals surface area contributed by atoms with Crippen LogP contribution < -0.4 is 14.8 Å². The maximum Gasteiger partial charge on any atom is 0.220 e. The molecule has 1 aromatic heterocycles. The van der Waals surface area contributed by atoms with E-state index in [0.29, 0.717) is 46.5 Å². The molecule has 4 aromatic rings. The van der Waals surface area contributed by atoms with Crippen molar-refractivity contribution < 1.29 is 14.3 Å². The van der Waals surface area contributed by atoms with Crippen LogP contribution in [-0.2, 0) is 17.8 Å². The molecule has 0 radical (unpaired) electrons. The number of aryl methyl sites for hydroxylation is 2. The van der Waals surface area contributed by atoms with Crippen molar-refractivity contribution >= 4 is 40.0 Å². The molecule has 0 bridgehead atoms. The number of para-hydroxylation sites is 1. The van der Waals surface area contributed by atoms with Gasteiger partial charge < -0.3 is 14.8 Å². The Hall–Kier alpha value is -3.28. The van der Waals surface area contributed by atoms with Gasteiger partial charge in [-0.1, -0.05) is 71.7 Å². The van der Waals surface area contributed by atoms with Crippen LogP contribution in [0, 0.1) is 6.92 Å². The number of amides is 1. The molecule has 4 rings (SSSR count). The molecule has 0 unspecified atom stereocenters. The number of halogens is 2. The van der Waals surface area contributed by atoms with Crippen molar-refractivity contribution in [3.8, 4) is 11.5 Å². The molecule has 1 heterocycles. The van der Waals surface area contributed by atoms with Crippen LogP contribution in [0.25, 0.3) is 10.9 Å². The van der Waals surface area contributed by atoms with Crippen LogP contribution in [0.15, 0.2) is 72.8 Å². The number of pyridine rings is 1. The van der Waals surface area contributed by atoms with E-state index in [4.69, 9.17) is 32.7 Å². The van der Waals surface area contributed by atoms with Gasteiger partial charge in [-0.3, -0.25) is 4.79 Å². The topological polar surface area (TPSA) is 60.5 Å². The molecule has 0 aliphatic rings. The highest BCUT2D eigenvalue weighted by molar-refractivity contribution is 6.36. The van der Waals surface area contributed by atoms with E-state index in [1.54, 1.807) is 12.1 Å². The van der Waals surface area contributed by atoms with Gasteiger partial charge in [0.1, 0.15) is 30.2 Å². The molecule has 3 aromatic carbocycles. The Bertz CT molecular complexity index is 1310. The summed E-state index contributed by atoms with van der Waals surface area (Å²) in [6.07, 6.45) is 1.13. The Morgan fingerprint density at radius 1 is 0.914 bits per heavy atom. The number of hydrogen-bond acceptors (Lipinski definition) is 4. The minimum atomic E-state index is -0.0207. The summed E-state index contributed by atoms with van der Waals surface area (Å²) in [6.45, 7) is 2.76. The predicted molar refractivity (Wildman–Crippen MR) is 141 cm³/mol. The van der Waals surface area contributed by atoms with E-state index in [1.807, 2.05) is 67.6 Å². The largest absolute Gasteiger partial charge is 0.490 e. The van der Waals surface area contributed by atoms with E-state index in [-0.39, 0.29) is 19.1 Å². The number of carbonyl (C=O) groups is 1. The summed E-state index contributed by atoms with van der Waals surface area (Å²) in [5.74, 6) is 1.12. The third-order valence-corrected chi connectivity index (χ3v) is 6.28. The molecule has 0 atom stereocenters. The van der Waals surface area contributed by atoms with Gasteiger partial charge >= 0.3 is 0 Å². The quantitative estimate of drug-likeness (QED) is 0.246. The zero-order chi connectivity index (χ0) is 24.6. The van der Waals surface area contributed by atoms with Gasteiger partial charge in [-0.15, -0.1) is 0 Å². The standard InChI is InChI=1S/C28H26Cl2N2O3/c1-19-10-12-21-8-5-9-25(28(21)32-19)35-18-22-23(29)13-14-24(27(22)30)34-17-16-31-26(33)15-11-20-6-3-2-4-7-20/h2-10,12-14H,11,15-18H2,1H3,(H,31,33). The van der Waals surface area contributed by atoms with Crippen molar-refractivity contribution in [3.63, 3.8) is 0 Å². The SMILES string of the molecule is Cc1ccc2cccc(OCc3c(Cl)ccc(OCCNC(=O)CCc4ccccc4)c3Cl)c2n1. The van der Waals surface area contributed by atoms with Gasteiger partial charge in [0, 0.05) is 28.1 Å². The molecule has 0 aliphatic carbocycles. The predicted octanol–water partition coefficient (Wildman–Crippen LogP) is 6.56. The number of fused-ring (bicyclic) bond motifs is 1. The summed E-state index contributed by atoms with van der Waals surface area (Å²) in [4.78, 5) is 16.7. The highest BCUT2D eigenvalue weighted by atomic mass is 35.5. The first-order chi connectivity index (χ1) is 17.0. The molecule has 0 fully saturated rings. The molecule has 180 valence electrons. The fourth-order valence-corrected chi connectivity index (χ4v) is 4.18. The Morgan fingerprint density at radius 2 is 1.74 bits per heavy atom. The molecule has 0 saturated heterocycles. The Morgan fingerprint density at radius 3 is 2.57 bits per heavy atom. The molecule has 0 aliphatic heterocycles. The average Bonchev–Trinajstić information content (AvgIpc) is 2.87. The lowest BCUT2D eigenvalue weighted by Crippen LogP contribution is -2.28. The summed E-state index contributed by atoms with van der Waals surface area (Å²) < 4.78 is 11.9. The molecule has 7 heteroatoms. The smallest absolute Gasteiger partial charge is 0.220 e. The van der Waals surface area contributed by atoms with Crippen molar-refractivity contribution in [3.05, 3.63) is 99.7 Å². The van der Waals surface area contributed by atoms with Gasteiger partial charge in [-0.2, -0.15) is 0 Å². The summed E-state index contributed by atoms with van der Waals surface area (Å²) >= 11 is 13.0. The van der Waals surface area contributed by atoms with Gasteiger partial charge in [-0.25, -0.2) is 4.98 Å². The molecular formula is C28H26Cl2N2O3. The fraction of sp³-hybridized carbons (Fsp3) is 0.214. The maximum atomic E-state index is 12.1. The summed E-state index contributed by atoms with van der Waals surface area (Å²) in [6, 6.07) is 23.1. The highest BCUT2D eigenvalue weighted by Gasteiger charge is 2.14. The van der Waals surface area contributed by atoms with E-state index < -0.39 is 0 Å². The highest BCUT2D eigenvalue weighted by Crippen LogP contribution is 2.35. The first-order valence-corrected chi connectivity index (χ1v) is 12.2. The van der Waals surface area contributed by atoms with Gasteiger partial charge in [0.25, 0.3) is 0 Å². The van der Waals surface area contributed by atoms with E-state index in [1.165, 1.54) is 0 Å². The lowest BCUT2D eigenvalue weighted by atomic mass is 10.1. The zero-order valence-electron chi connectivity index (χ0n) is 19.4. The fourth-order valence-electron chi connectivity index (χ4n) is 3.65.